The van der Waals surface area contributed by atoms with Gasteiger partial charge in [-0.1, -0.05) is 32.4 Å². The summed E-state index contributed by atoms with van der Waals surface area (Å²) in [6.45, 7) is 8.17. The zero-order chi connectivity index (χ0) is 11.8. The third-order valence-electron chi connectivity index (χ3n) is 2.16. The molecule has 0 atom stereocenters. The van der Waals surface area contributed by atoms with Crippen molar-refractivity contribution < 1.29 is 0 Å². The topological polar surface area (TPSA) is 29.0 Å². The molecule has 1 heterocycles. The molecule has 0 aliphatic carbocycles. The molecule has 15 heavy (non-hydrogen) atoms. The van der Waals surface area contributed by atoms with Crippen molar-refractivity contribution in [1.29, 1.82) is 0 Å². The number of aromatic nitrogens is 2. The minimum absolute atomic E-state index is 0.0813. The van der Waals surface area contributed by atoms with Crippen molar-refractivity contribution in [1.82, 2.24) is 9.97 Å². The molecule has 0 aliphatic heterocycles. The molecule has 84 valence electrons. The second-order valence-corrected chi connectivity index (χ2v) is 5.29. The number of halogens is 1. The molecule has 0 aromatic carbocycles. The van der Waals surface area contributed by atoms with Gasteiger partial charge in [-0.05, 0) is 6.92 Å². The van der Waals surface area contributed by atoms with E-state index in [1.807, 2.05) is 25.9 Å². The van der Waals surface area contributed by atoms with Crippen LogP contribution in [0.15, 0.2) is 0 Å². The van der Waals surface area contributed by atoms with Crippen LogP contribution in [0.25, 0.3) is 0 Å². The summed E-state index contributed by atoms with van der Waals surface area (Å²) in [5.41, 5.74) is 0.844. The van der Waals surface area contributed by atoms with Gasteiger partial charge in [-0.2, -0.15) is 0 Å². The van der Waals surface area contributed by atoms with Crippen LogP contribution in [-0.4, -0.2) is 24.1 Å². The summed E-state index contributed by atoms with van der Waals surface area (Å²) in [5, 5.41) is 0.540. The zero-order valence-electron chi connectivity index (χ0n) is 10.2. The Bertz CT molecular complexity index is 367. The van der Waals surface area contributed by atoms with Gasteiger partial charge in [0.15, 0.2) is 0 Å². The van der Waals surface area contributed by atoms with Gasteiger partial charge in [0.1, 0.15) is 16.8 Å². The molecular weight excluding hydrogens is 210 g/mol. The van der Waals surface area contributed by atoms with Crippen LogP contribution < -0.4 is 4.90 Å². The van der Waals surface area contributed by atoms with Crippen LogP contribution in [0.2, 0.25) is 5.15 Å². The lowest BCUT2D eigenvalue weighted by molar-refractivity contribution is 0.544. The SMILES string of the molecule is Cc1c(Cl)nc(C(C)(C)C)nc1N(C)C. The van der Waals surface area contributed by atoms with E-state index in [1.165, 1.54) is 0 Å². The third kappa shape index (κ3) is 2.59. The minimum Gasteiger partial charge on any atom is -0.362 e. The molecule has 1 rings (SSSR count). The first-order chi connectivity index (χ1) is 6.73. The average Bonchev–Trinajstić information content (AvgIpc) is 2.06. The third-order valence-corrected chi connectivity index (χ3v) is 2.52. The summed E-state index contributed by atoms with van der Waals surface area (Å²) in [5.74, 6) is 1.67. The number of nitrogens with zero attached hydrogens (tertiary/aromatic N) is 3. The largest absolute Gasteiger partial charge is 0.362 e. The lowest BCUT2D eigenvalue weighted by Crippen LogP contribution is -2.21. The van der Waals surface area contributed by atoms with Crippen molar-refractivity contribution in [3.8, 4) is 0 Å². The summed E-state index contributed by atoms with van der Waals surface area (Å²) in [7, 11) is 3.91. The fourth-order valence-corrected chi connectivity index (χ4v) is 1.41. The molecule has 3 nitrogen and oxygen atoms in total. The predicted octanol–water partition coefficient (Wildman–Crippen LogP) is 2.80. The van der Waals surface area contributed by atoms with Gasteiger partial charge in [-0.3, -0.25) is 0 Å². The summed E-state index contributed by atoms with van der Waals surface area (Å²) in [6, 6.07) is 0. The normalized spacial score (nSPS) is 11.7. The van der Waals surface area contributed by atoms with E-state index in [9.17, 15) is 0 Å². The van der Waals surface area contributed by atoms with E-state index in [1.54, 1.807) is 0 Å². The Morgan fingerprint density at radius 1 is 1.13 bits per heavy atom. The summed E-state index contributed by atoms with van der Waals surface area (Å²) >= 11 is 6.09. The fourth-order valence-electron chi connectivity index (χ4n) is 1.25. The molecule has 0 aliphatic rings. The standard InChI is InChI=1S/C11H18ClN3/c1-7-8(12)13-10(11(2,3)4)14-9(7)15(5)6/h1-6H3. The second-order valence-electron chi connectivity index (χ2n) is 4.93. The Balaban J connectivity index is 3.36. The van der Waals surface area contributed by atoms with Gasteiger partial charge >= 0.3 is 0 Å². The maximum Gasteiger partial charge on any atom is 0.137 e. The summed E-state index contributed by atoms with van der Waals surface area (Å²) in [4.78, 5) is 10.8. The molecule has 0 bridgehead atoms. The van der Waals surface area contributed by atoms with Gasteiger partial charge in [0.25, 0.3) is 0 Å². The molecule has 0 saturated heterocycles. The molecule has 0 unspecified atom stereocenters. The number of hydrogen-bond donors (Lipinski definition) is 0. The number of hydrogen-bond acceptors (Lipinski definition) is 3. The highest BCUT2D eigenvalue weighted by Crippen LogP contribution is 2.26. The molecule has 0 fully saturated rings. The van der Waals surface area contributed by atoms with Crippen molar-refractivity contribution in [2.75, 3.05) is 19.0 Å². The highest BCUT2D eigenvalue weighted by atomic mass is 35.5. The second kappa shape index (κ2) is 3.97. The Kier molecular flexibility index (Phi) is 3.24. The molecule has 0 amide bonds. The van der Waals surface area contributed by atoms with E-state index in [4.69, 9.17) is 11.6 Å². The quantitative estimate of drug-likeness (QED) is 0.691. The maximum absolute atomic E-state index is 6.09. The van der Waals surface area contributed by atoms with Gasteiger partial charge in [0, 0.05) is 25.1 Å². The van der Waals surface area contributed by atoms with Crippen LogP contribution in [0.1, 0.15) is 32.2 Å². The van der Waals surface area contributed by atoms with E-state index < -0.39 is 0 Å². The smallest absolute Gasteiger partial charge is 0.137 e. The van der Waals surface area contributed by atoms with E-state index in [0.29, 0.717) is 5.15 Å². The highest BCUT2D eigenvalue weighted by Gasteiger charge is 2.21. The molecular formula is C11H18ClN3. The monoisotopic (exact) mass is 227 g/mol. The Morgan fingerprint density at radius 2 is 1.67 bits per heavy atom. The molecule has 0 saturated carbocycles. The van der Waals surface area contributed by atoms with Crippen LogP contribution in [-0.2, 0) is 5.41 Å². The Labute approximate surface area is 96.5 Å². The average molecular weight is 228 g/mol. The minimum atomic E-state index is -0.0813. The molecule has 0 radical (unpaired) electrons. The van der Waals surface area contributed by atoms with Gasteiger partial charge in [-0.15, -0.1) is 0 Å². The number of rotatable bonds is 1. The van der Waals surface area contributed by atoms with E-state index in [-0.39, 0.29) is 5.41 Å². The lowest BCUT2D eigenvalue weighted by Gasteiger charge is -2.21. The maximum atomic E-state index is 6.09. The van der Waals surface area contributed by atoms with E-state index >= 15 is 0 Å². The molecule has 1 aromatic heterocycles. The van der Waals surface area contributed by atoms with Gasteiger partial charge in [-0.25, -0.2) is 9.97 Å². The van der Waals surface area contributed by atoms with Crippen LogP contribution >= 0.6 is 11.6 Å². The van der Waals surface area contributed by atoms with Crippen LogP contribution in [0.5, 0.6) is 0 Å². The summed E-state index contributed by atoms with van der Waals surface area (Å²) < 4.78 is 0. The van der Waals surface area contributed by atoms with Crippen molar-refractivity contribution in [2.24, 2.45) is 0 Å². The predicted molar refractivity (Wildman–Crippen MR) is 64.8 cm³/mol. The summed E-state index contributed by atoms with van der Waals surface area (Å²) in [6.07, 6.45) is 0. The number of anilines is 1. The molecule has 4 heteroatoms. The first-order valence-corrected chi connectivity index (χ1v) is 5.33. The van der Waals surface area contributed by atoms with Crippen molar-refractivity contribution in [3.05, 3.63) is 16.5 Å². The van der Waals surface area contributed by atoms with Crippen molar-refractivity contribution >= 4 is 17.4 Å². The Hall–Kier alpha value is -0.830. The Morgan fingerprint density at radius 3 is 2.07 bits per heavy atom. The van der Waals surface area contributed by atoms with Crippen LogP contribution in [0.4, 0.5) is 5.82 Å². The van der Waals surface area contributed by atoms with Gasteiger partial charge in [0.2, 0.25) is 0 Å². The molecule has 0 spiro atoms. The van der Waals surface area contributed by atoms with E-state index in [2.05, 4.69) is 30.7 Å². The fraction of sp³-hybridized carbons (Fsp3) is 0.636. The van der Waals surface area contributed by atoms with E-state index in [0.717, 1.165) is 17.2 Å². The van der Waals surface area contributed by atoms with Gasteiger partial charge in [0.05, 0.1) is 0 Å². The molecule has 1 aromatic rings. The highest BCUT2D eigenvalue weighted by molar-refractivity contribution is 6.30. The van der Waals surface area contributed by atoms with Crippen molar-refractivity contribution in [2.45, 2.75) is 33.1 Å². The lowest BCUT2D eigenvalue weighted by atomic mass is 9.95. The van der Waals surface area contributed by atoms with Crippen LogP contribution in [0, 0.1) is 6.92 Å². The van der Waals surface area contributed by atoms with Gasteiger partial charge < -0.3 is 4.90 Å². The first-order valence-electron chi connectivity index (χ1n) is 4.95. The molecule has 0 N–H and O–H groups in total. The van der Waals surface area contributed by atoms with Crippen molar-refractivity contribution in [3.63, 3.8) is 0 Å². The first kappa shape index (κ1) is 12.2. The zero-order valence-corrected chi connectivity index (χ0v) is 11.0. The van der Waals surface area contributed by atoms with Crippen LogP contribution in [0.3, 0.4) is 0 Å².